The maximum Gasteiger partial charge on any atom is 0.220 e. The number of carbonyl (C=O) groups is 1. The summed E-state index contributed by atoms with van der Waals surface area (Å²) in [4.78, 5) is 11.9. The second-order valence-electron chi connectivity index (χ2n) is 5.72. The molecule has 4 heteroatoms. The monoisotopic (exact) mass is 255 g/mol. The van der Waals surface area contributed by atoms with Crippen LogP contribution in [-0.2, 0) is 9.53 Å². The van der Waals surface area contributed by atoms with E-state index in [9.17, 15) is 9.90 Å². The lowest BCUT2D eigenvalue weighted by Gasteiger charge is -2.28. The Balaban J connectivity index is 1.70. The molecule has 1 saturated carbocycles. The van der Waals surface area contributed by atoms with Crippen LogP contribution in [0, 0.1) is 0 Å². The molecular weight excluding hydrogens is 230 g/mol. The molecule has 0 bridgehead atoms. The highest BCUT2D eigenvalue weighted by atomic mass is 16.5. The normalized spacial score (nSPS) is 27.1. The van der Waals surface area contributed by atoms with E-state index in [4.69, 9.17) is 4.74 Å². The highest BCUT2D eigenvalue weighted by Crippen LogP contribution is 2.29. The second kappa shape index (κ2) is 6.53. The predicted octanol–water partition coefficient (Wildman–Crippen LogP) is 1.76. The molecule has 1 unspecified atom stereocenters. The van der Waals surface area contributed by atoms with Crippen LogP contribution in [0.1, 0.15) is 57.8 Å². The highest BCUT2D eigenvalue weighted by Gasteiger charge is 2.34. The summed E-state index contributed by atoms with van der Waals surface area (Å²) < 4.78 is 5.62. The molecule has 0 aromatic rings. The van der Waals surface area contributed by atoms with Crippen molar-refractivity contribution in [3.05, 3.63) is 0 Å². The number of aliphatic hydroxyl groups is 1. The molecule has 1 saturated heterocycles. The molecule has 104 valence electrons. The Morgan fingerprint density at radius 3 is 2.67 bits per heavy atom. The van der Waals surface area contributed by atoms with Gasteiger partial charge >= 0.3 is 0 Å². The van der Waals surface area contributed by atoms with E-state index in [1.807, 2.05) is 0 Å². The molecule has 1 aliphatic heterocycles. The van der Waals surface area contributed by atoms with Gasteiger partial charge in [-0.2, -0.15) is 0 Å². The fourth-order valence-electron chi connectivity index (χ4n) is 3.06. The van der Waals surface area contributed by atoms with Crippen molar-refractivity contribution in [2.75, 3.05) is 13.2 Å². The van der Waals surface area contributed by atoms with Crippen molar-refractivity contribution in [2.45, 2.75) is 69.4 Å². The maximum atomic E-state index is 11.9. The van der Waals surface area contributed by atoms with E-state index in [0.29, 0.717) is 6.42 Å². The number of carbonyl (C=O) groups excluding carboxylic acids is 1. The van der Waals surface area contributed by atoms with Crippen LogP contribution in [0.2, 0.25) is 0 Å². The molecule has 18 heavy (non-hydrogen) atoms. The Morgan fingerprint density at radius 1 is 1.28 bits per heavy atom. The summed E-state index contributed by atoms with van der Waals surface area (Å²) in [5.41, 5.74) is -0.329. The molecule has 4 nitrogen and oxygen atoms in total. The van der Waals surface area contributed by atoms with Crippen molar-refractivity contribution in [2.24, 2.45) is 0 Å². The largest absolute Gasteiger partial charge is 0.394 e. The fourth-order valence-corrected chi connectivity index (χ4v) is 3.06. The Hall–Kier alpha value is -0.610. The third-order valence-electron chi connectivity index (χ3n) is 4.24. The Bertz CT molecular complexity index is 268. The summed E-state index contributed by atoms with van der Waals surface area (Å²) in [5, 5.41) is 12.5. The van der Waals surface area contributed by atoms with E-state index in [0.717, 1.165) is 51.6 Å². The fraction of sp³-hybridized carbons (Fsp3) is 0.929. The first-order valence-corrected chi connectivity index (χ1v) is 7.28. The molecular formula is C14H25NO3. The van der Waals surface area contributed by atoms with Gasteiger partial charge in [0.15, 0.2) is 0 Å². The highest BCUT2D eigenvalue weighted by molar-refractivity contribution is 5.76. The molecule has 0 radical (unpaired) electrons. The van der Waals surface area contributed by atoms with Crippen LogP contribution in [0.25, 0.3) is 0 Å². The van der Waals surface area contributed by atoms with Gasteiger partial charge < -0.3 is 15.2 Å². The lowest BCUT2D eigenvalue weighted by Crippen LogP contribution is -2.49. The molecule has 1 atom stereocenters. The smallest absolute Gasteiger partial charge is 0.220 e. The summed E-state index contributed by atoms with van der Waals surface area (Å²) in [7, 11) is 0. The zero-order chi connectivity index (χ0) is 12.8. The quantitative estimate of drug-likeness (QED) is 0.787. The summed E-state index contributed by atoms with van der Waals surface area (Å²) in [6.07, 6.45) is 9.07. The number of hydrogen-bond donors (Lipinski definition) is 2. The Morgan fingerprint density at radius 2 is 2.06 bits per heavy atom. The zero-order valence-electron chi connectivity index (χ0n) is 11.1. The van der Waals surface area contributed by atoms with Crippen LogP contribution < -0.4 is 5.32 Å². The van der Waals surface area contributed by atoms with Crippen LogP contribution >= 0.6 is 0 Å². The van der Waals surface area contributed by atoms with Gasteiger partial charge in [0.25, 0.3) is 0 Å². The third kappa shape index (κ3) is 3.69. The summed E-state index contributed by atoms with van der Waals surface area (Å²) >= 11 is 0. The summed E-state index contributed by atoms with van der Waals surface area (Å²) in [5.74, 6) is 0.0696. The molecule has 0 spiro atoms. The van der Waals surface area contributed by atoms with Crippen molar-refractivity contribution in [1.82, 2.24) is 5.32 Å². The van der Waals surface area contributed by atoms with Gasteiger partial charge in [0.2, 0.25) is 5.91 Å². The number of ether oxygens (including phenoxy) is 1. The Kier molecular flexibility index (Phi) is 5.01. The molecule has 1 heterocycles. The van der Waals surface area contributed by atoms with Crippen LogP contribution in [0.3, 0.4) is 0 Å². The molecule has 1 amide bonds. The van der Waals surface area contributed by atoms with E-state index in [1.54, 1.807) is 0 Å². The molecule has 2 fully saturated rings. The third-order valence-corrected chi connectivity index (χ3v) is 4.24. The lowest BCUT2D eigenvalue weighted by atomic mass is 9.98. The molecule has 2 rings (SSSR count). The van der Waals surface area contributed by atoms with E-state index in [-0.39, 0.29) is 24.2 Å². The number of nitrogens with one attached hydrogen (secondary N) is 1. The minimum Gasteiger partial charge on any atom is -0.394 e. The first-order valence-electron chi connectivity index (χ1n) is 7.28. The van der Waals surface area contributed by atoms with Crippen molar-refractivity contribution < 1.29 is 14.6 Å². The molecule has 0 aromatic carbocycles. The number of hydrogen-bond acceptors (Lipinski definition) is 3. The average molecular weight is 255 g/mol. The maximum absolute atomic E-state index is 11.9. The van der Waals surface area contributed by atoms with E-state index in [2.05, 4.69) is 5.32 Å². The van der Waals surface area contributed by atoms with Gasteiger partial charge in [0.05, 0.1) is 18.2 Å². The SMILES string of the molecule is O=C(CCC1CCCCO1)NC1(CO)CCCC1. The van der Waals surface area contributed by atoms with Crippen molar-refractivity contribution >= 4 is 5.91 Å². The first-order chi connectivity index (χ1) is 8.74. The van der Waals surface area contributed by atoms with Gasteiger partial charge in [-0.3, -0.25) is 4.79 Å². The predicted molar refractivity (Wildman–Crippen MR) is 69.3 cm³/mol. The van der Waals surface area contributed by atoms with Crippen LogP contribution in [0.15, 0.2) is 0 Å². The van der Waals surface area contributed by atoms with Gasteiger partial charge in [-0.05, 0) is 38.5 Å². The number of aliphatic hydroxyl groups excluding tert-OH is 1. The summed E-state index contributed by atoms with van der Waals surface area (Å²) in [6.45, 7) is 0.908. The number of amides is 1. The van der Waals surface area contributed by atoms with Crippen molar-refractivity contribution in [3.63, 3.8) is 0 Å². The molecule has 1 aliphatic carbocycles. The van der Waals surface area contributed by atoms with Gasteiger partial charge in [-0.1, -0.05) is 12.8 Å². The minimum atomic E-state index is -0.329. The van der Waals surface area contributed by atoms with Gasteiger partial charge in [-0.15, -0.1) is 0 Å². The standard InChI is InChI=1S/C14H25NO3/c16-11-14(8-2-3-9-14)15-13(17)7-6-12-5-1-4-10-18-12/h12,16H,1-11H2,(H,15,17). The van der Waals surface area contributed by atoms with Gasteiger partial charge in [-0.25, -0.2) is 0 Å². The summed E-state index contributed by atoms with van der Waals surface area (Å²) in [6, 6.07) is 0. The van der Waals surface area contributed by atoms with Crippen LogP contribution in [-0.4, -0.2) is 35.9 Å². The average Bonchev–Trinajstić information content (AvgIpc) is 2.87. The van der Waals surface area contributed by atoms with Gasteiger partial charge in [0.1, 0.15) is 0 Å². The molecule has 2 aliphatic rings. The van der Waals surface area contributed by atoms with E-state index in [1.165, 1.54) is 6.42 Å². The topological polar surface area (TPSA) is 58.6 Å². The van der Waals surface area contributed by atoms with E-state index < -0.39 is 0 Å². The van der Waals surface area contributed by atoms with Crippen LogP contribution in [0.4, 0.5) is 0 Å². The minimum absolute atomic E-state index is 0.0681. The molecule has 0 aromatic heterocycles. The lowest BCUT2D eigenvalue weighted by molar-refractivity contribution is -0.124. The molecule has 2 N–H and O–H groups in total. The van der Waals surface area contributed by atoms with Crippen molar-refractivity contribution in [1.29, 1.82) is 0 Å². The Labute approximate surface area is 109 Å². The second-order valence-corrected chi connectivity index (χ2v) is 5.72. The van der Waals surface area contributed by atoms with Crippen molar-refractivity contribution in [3.8, 4) is 0 Å². The van der Waals surface area contributed by atoms with Gasteiger partial charge in [0, 0.05) is 13.0 Å². The van der Waals surface area contributed by atoms with E-state index >= 15 is 0 Å². The number of rotatable bonds is 5. The first kappa shape index (κ1) is 13.8. The zero-order valence-corrected chi connectivity index (χ0v) is 11.1. The van der Waals surface area contributed by atoms with Crippen LogP contribution in [0.5, 0.6) is 0 Å².